The summed E-state index contributed by atoms with van der Waals surface area (Å²) in [5, 5.41) is 6.62. The highest BCUT2D eigenvalue weighted by Gasteiger charge is 2.26. The highest BCUT2D eigenvalue weighted by molar-refractivity contribution is 4.85. The Labute approximate surface area is 74.9 Å². The molecule has 1 aliphatic carbocycles. The maximum atomic E-state index is 5.38. The third kappa shape index (κ3) is 2.44. The average molecular weight is 172 g/mol. The molecule has 2 N–H and O–H groups in total. The molecule has 1 aliphatic rings. The first-order chi connectivity index (χ1) is 5.80. The summed E-state index contributed by atoms with van der Waals surface area (Å²) in [4.78, 5) is 0. The fraction of sp³-hybridized carbons (Fsp3) is 1.00. The molecule has 0 radical (unpaired) electrons. The summed E-state index contributed by atoms with van der Waals surface area (Å²) in [6.07, 6.45) is 3.93. The predicted molar refractivity (Wildman–Crippen MR) is 50.3 cm³/mol. The van der Waals surface area contributed by atoms with Crippen molar-refractivity contribution in [1.82, 2.24) is 10.6 Å². The molecule has 1 saturated carbocycles. The summed E-state index contributed by atoms with van der Waals surface area (Å²) >= 11 is 0. The molecule has 0 amide bonds. The van der Waals surface area contributed by atoms with Gasteiger partial charge in [0.2, 0.25) is 0 Å². The highest BCUT2D eigenvalue weighted by atomic mass is 16.5. The number of hydrogen-bond acceptors (Lipinski definition) is 3. The Morgan fingerprint density at radius 3 is 1.83 bits per heavy atom. The first kappa shape index (κ1) is 9.96. The van der Waals surface area contributed by atoms with Gasteiger partial charge in [-0.1, -0.05) is 0 Å². The first-order valence-electron chi connectivity index (χ1n) is 4.67. The van der Waals surface area contributed by atoms with Crippen LogP contribution in [-0.4, -0.2) is 39.4 Å². The number of rotatable bonds is 3. The Bertz CT molecular complexity index is 99.9. The minimum Gasteiger partial charge on any atom is -0.381 e. The van der Waals surface area contributed by atoms with Crippen LogP contribution < -0.4 is 10.6 Å². The lowest BCUT2D eigenvalue weighted by molar-refractivity contribution is 0.0485. The van der Waals surface area contributed by atoms with Crippen LogP contribution in [0.2, 0.25) is 0 Å². The van der Waals surface area contributed by atoms with E-state index in [-0.39, 0.29) is 0 Å². The summed E-state index contributed by atoms with van der Waals surface area (Å²) in [6.45, 7) is 0. The Kier molecular flexibility index (Phi) is 3.98. The van der Waals surface area contributed by atoms with Crippen LogP contribution in [0.4, 0.5) is 0 Å². The van der Waals surface area contributed by atoms with Gasteiger partial charge in [0.1, 0.15) is 0 Å². The van der Waals surface area contributed by atoms with Crippen LogP contribution in [-0.2, 0) is 4.74 Å². The van der Waals surface area contributed by atoms with E-state index < -0.39 is 0 Å². The Hall–Kier alpha value is -0.120. The van der Waals surface area contributed by atoms with Gasteiger partial charge >= 0.3 is 0 Å². The fourth-order valence-corrected chi connectivity index (χ4v) is 1.93. The van der Waals surface area contributed by atoms with Crippen molar-refractivity contribution in [3.8, 4) is 0 Å². The lowest BCUT2D eigenvalue weighted by Crippen LogP contribution is -2.45. The van der Waals surface area contributed by atoms with E-state index in [9.17, 15) is 0 Å². The topological polar surface area (TPSA) is 33.3 Å². The molecule has 0 aromatic rings. The van der Waals surface area contributed by atoms with Gasteiger partial charge in [-0.2, -0.15) is 0 Å². The van der Waals surface area contributed by atoms with Crippen molar-refractivity contribution in [2.75, 3.05) is 21.2 Å². The highest BCUT2D eigenvalue weighted by Crippen LogP contribution is 2.20. The number of ether oxygens (including phenoxy) is 1. The minimum absolute atomic E-state index is 0.425. The van der Waals surface area contributed by atoms with E-state index in [1.165, 1.54) is 6.42 Å². The van der Waals surface area contributed by atoms with E-state index >= 15 is 0 Å². The van der Waals surface area contributed by atoms with Gasteiger partial charge in [-0.15, -0.1) is 0 Å². The number of nitrogens with one attached hydrogen (secondary N) is 2. The second-order valence-electron chi connectivity index (χ2n) is 3.54. The zero-order chi connectivity index (χ0) is 8.97. The fourth-order valence-electron chi connectivity index (χ4n) is 1.93. The van der Waals surface area contributed by atoms with Crippen molar-refractivity contribution in [2.45, 2.75) is 37.5 Å². The molecule has 0 saturated heterocycles. The Balaban J connectivity index is 2.41. The Morgan fingerprint density at radius 1 is 1.00 bits per heavy atom. The molecule has 1 fully saturated rings. The minimum atomic E-state index is 0.425. The number of hydrogen-bond donors (Lipinski definition) is 2. The van der Waals surface area contributed by atoms with E-state index in [2.05, 4.69) is 10.6 Å². The summed E-state index contributed by atoms with van der Waals surface area (Å²) < 4.78 is 5.38. The smallest absolute Gasteiger partial charge is 0.0601 e. The predicted octanol–water partition coefficient (Wildman–Crippen LogP) is 0.361. The zero-order valence-electron chi connectivity index (χ0n) is 8.26. The average Bonchev–Trinajstić information content (AvgIpc) is 2.16. The van der Waals surface area contributed by atoms with Crippen LogP contribution >= 0.6 is 0 Å². The van der Waals surface area contributed by atoms with Crippen molar-refractivity contribution in [1.29, 1.82) is 0 Å². The van der Waals surface area contributed by atoms with Gasteiger partial charge in [0.15, 0.2) is 0 Å². The first-order valence-corrected chi connectivity index (χ1v) is 4.67. The van der Waals surface area contributed by atoms with Crippen LogP contribution in [0.5, 0.6) is 0 Å². The second kappa shape index (κ2) is 4.80. The third-order valence-corrected chi connectivity index (χ3v) is 2.81. The van der Waals surface area contributed by atoms with E-state index in [1.807, 2.05) is 14.1 Å². The van der Waals surface area contributed by atoms with Crippen LogP contribution in [0.1, 0.15) is 19.3 Å². The number of methoxy groups -OCH3 is 1. The molecule has 0 aromatic heterocycles. The lowest BCUT2D eigenvalue weighted by Gasteiger charge is -2.33. The van der Waals surface area contributed by atoms with E-state index in [0.717, 1.165) is 12.8 Å². The van der Waals surface area contributed by atoms with Gasteiger partial charge < -0.3 is 15.4 Å². The van der Waals surface area contributed by atoms with Gasteiger partial charge in [0.05, 0.1) is 6.10 Å². The van der Waals surface area contributed by atoms with Gasteiger partial charge in [0, 0.05) is 19.2 Å². The summed E-state index contributed by atoms with van der Waals surface area (Å²) in [5.74, 6) is 0. The van der Waals surface area contributed by atoms with Crippen molar-refractivity contribution < 1.29 is 4.74 Å². The molecule has 0 bridgehead atoms. The molecule has 3 nitrogen and oxygen atoms in total. The van der Waals surface area contributed by atoms with Crippen LogP contribution in [0.25, 0.3) is 0 Å². The summed E-state index contributed by atoms with van der Waals surface area (Å²) in [7, 11) is 5.85. The summed E-state index contributed by atoms with van der Waals surface area (Å²) in [5.41, 5.74) is 0. The van der Waals surface area contributed by atoms with Crippen molar-refractivity contribution >= 4 is 0 Å². The van der Waals surface area contributed by atoms with Crippen LogP contribution in [0.15, 0.2) is 0 Å². The molecule has 72 valence electrons. The Morgan fingerprint density at radius 2 is 1.50 bits per heavy atom. The second-order valence-corrected chi connectivity index (χ2v) is 3.54. The molecule has 0 aliphatic heterocycles. The van der Waals surface area contributed by atoms with Gasteiger partial charge in [0.25, 0.3) is 0 Å². The molecule has 0 aromatic carbocycles. The normalized spacial score (nSPS) is 36.8. The molecule has 0 heterocycles. The van der Waals surface area contributed by atoms with Gasteiger partial charge in [-0.05, 0) is 33.4 Å². The van der Waals surface area contributed by atoms with Gasteiger partial charge in [-0.25, -0.2) is 0 Å². The van der Waals surface area contributed by atoms with E-state index in [1.54, 1.807) is 7.11 Å². The molecule has 2 atom stereocenters. The van der Waals surface area contributed by atoms with Crippen molar-refractivity contribution in [2.24, 2.45) is 0 Å². The maximum Gasteiger partial charge on any atom is 0.0601 e. The zero-order valence-corrected chi connectivity index (χ0v) is 8.26. The largest absolute Gasteiger partial charge is 0.381 e. The van der Waals surface area contributed by atoms with E-state index in [4.69, 9.17) is 4.74 Å². The molecule has 12 heavy (non-hydrogen) atoms. The summed E-state index contributed by atoms with van der Waals surface area (Å²) in [6, 6.07) is 1.22. The molecule has 3 heteroatoms. The molecule has 2 unspecified atom stereocenters. The molecule has 0 spiro atoms. The third-order valence-electron chi connectivity index (χ3n) is 2.81. The monoisotopic (exact) mass is 172 g/mol. The molecular formula is C9H20N2O. The van der Waals surface area contributed by atoms with Crippen molar-refractivity contribution in [3.63, 3.8) is 0 Å². The molecule has 1 rings (SSSR count). The maximum absolute atomic E-state index is 5.38. The van der Waals surface area contributed by atoms with Crippen LogP contribution in [0.3, 0.4) is 0 Å². The van der Waals surface area contributed by atoms with Gasteiger partial charge in [-0.3, -0.25) is 0 Å². The quantitative estimate of drug-likeness (QED) is 0.645. The lowest BCUT2D eigenvalue weighted by atomic mass is 9.89. The van der Waals surface area contributed by atoms with Crippen molar-refractivity contribution in [3.05, 3.63) is 0 Å². The standard InChI is InChI=1S/C9H20N2O/c1-10-7-4-8(11-2)6-9(5-7)12-3/h7-11H,4-6H2,1-3H3. The van der Waals surface area contributed by atoms with E-state index in [0.29, 0.717) is 18.2 Å². The SMILES string of the molecule is CNC1CC(NC)CC(OC)C1. The molecular weight excluding hydrogens is 152 g/mol. The van der Waals surface area contributed by atoms with Crippen LogP contribution in [0, 0.1) is 0 Å².